The molecular weight excluding hydrogens is 370 g/mol. The highest BCUT2D eigenvalue weighted by Gasteiger charge is 2.21. The highest BCUT2D eigenvalue weighted by atomic mass is 16.7. The zero-order valence-electron chi connectivity index (χ0n) is 16.3. The van der Waals surface area contributed by atoms with Crippen LogP contribution in [0.15, 0.2) is 48.7 Å². The summed E-state index contributed by atoms with van der Waals surface area (Å²) in [6.07, 6.45) is 2.21. The number of nitrogens with one attached hydrogen (secondary N) is 1. The van der Waals surface area contributed by atoms with Crippen LogP contribution >= 0.6 is 0 Å². The smallest absolute Gasteiger partial charge is 0.231 e. The minimum atomic E-state index is 0.106. The summed E-state index contributed by atoms with van der Waals surface area (Å²) in [5, 5.41) is 3.48. The van der Waals surface area contributed by atoms with Gasteiger partial charge in [-0.05, 0) is 42.0 Å². The van der Waals surface area contributed by atoms with E-state index in [9.17, 15) is 0 Å². The van der Waals surface area contributed by atoms with Crippen LogP contribution in [0, 0.1) is 0 Å². The van der Waals surface area contributed by atoms with Crippen molar-refractivity contribution in [3.05, 3.63) is 60.0 Å². The van der Waals surface area contributed by atoms with Crippen molar-refractivity contribution >= 4 is 0 Å². The first-order valence-electron chi connectivity index (χ1n) is 9.70. The lowest BCUT2D eigenvalue weighted by Gasteiger charge is -2.24. The van der Waals surface area contributed by atoms with Gasteiger partial charge in [0.15, 0.2) is 11.5 Å². The summed E-state index contributed by atoms with van der Waals surface area (Å²) >= 11 is 0. The molecule has 0 amide bonds. The lowest BCUT2D eigenvalue weighted by molar-refractivity contribution is 0.00278. The predicted octanol–water partition coefficient (Wildman–Crippen LogP) is 2.98. The third kappa shape index (κ3) is 3.79. The van der Waals surface area contributed by atoms with Gasteiger partial charge in [-0.15, -0.1) is 0 Å². The Morgan fingerprint density at radius 2 is 2.00 bits per heavy atom. The molecule has 29 heavy (non-hydrogen) atoms. The highest BCUT2D eigenvalue weighted by molar-refractivity contribution is 5.59. The van der Waals surface area contributed by atoms with Crippen LogP contribution < -0.4 is 19.5 Å². The molecule has 0 bridgehead atoms. The van der Waals surface area contributed by atoms with Gasteiger partial charge < -0.3 is 28.8 Å². The van der Waals surface area contributed by atoms with Crippen LogP contribution in [0.2, 0.25) is 0 Å². The van der Waals surface area contributed by atoms with Crippen LogP contribution in [0.5, 0.6) is 17.2 Å². The lowest BCUT2D eigenvalue weighted by Crippen LogP contribution is -2.35. The van der Waals surface area contributed by atoms with Gasteiger partial charge in [-0.3, -0.25) is 0 Å². The lowest BCUT2D eigenvalue weighted by atomic mass is 10.1. The average molecular weight is 393 g/mol. The van der Waals surface area contributed by atoms with E-state index in [1.165, 1.54) is 0 Å². The summed E-state index contributed by atoms with van der Waals surface area (Å²) in [6.45, 7) is 3.13. The van der Waals surface area contributed by atoms with Gasteiger partial charge in [-0.2, -0.15) is 0 Å². The molecule has 1 aromatic heterocycles. The number of hydrogen-bond donors (Lipinski definition) is 1. The number of imidazole rings is 1. The fraction of sp³-hybridized carbons (Fsp3) is 0.318. The topological polar surface area (TPSA) is 66.8 Å². The molecule has 7 nitrogen and oxygen atoms in total. The van der Waals surface area contributed by atoms with Crippen molar-refractivity contribution in [2.75, 3.05) is 20.4 Å². The Hall–Kier alpha value is -3.03. The van der Waals surface area contributed by atoms with Crippen LogP contribution in [0.3, 0.4) is 0 Å². The second kappa shape index (κ2) is 7.77. The van der Waals surface area contributed by atoms with Gasteiger partial charge in [-0.1, -0.05) is 6.07 Å². The molecule has 1 atom stereocenters. The van der Waals surface area contributed by atoms with E-state index in [1.807, 2.05) is 36.4 Å². The molecule has 0 fully saturated rings. The molecule has 7 heteroatoms. The second-order valence-corrected chi connectivity index (χ2v) is 7.17. The van der Waals surface area contributed by atoms with E-state index in [0.29, 0.717) is 13.4 Å². The van der Waals surface area contributed by atoms with E-state index in [2.05, 4.69) is 22.1 Å². The van der Waals surface area contributed by atoms with Crippen molar-refractivity contribution < 1.29 is 18.9 Å². The molecule has 0 aliphatic carbocycles. The van der Waals surface area contributed by atoms with Crippen molar-refractivity contribution in [1.82, 2.24) is 14.9 Å². The number of benzene rings is 2. The maximum atomic E-state index is 5.99. The first kappa shape index (κ1) is 18.0. The summed E-state index contributed by atoms with van der Waals surface area (Å²) in [5.41, 5.74) is 3.19. The number of rotatable bonds is 6. The summed E-state index contributed by atoms with van der Waals surface area (Å²) in [6, 6.07) is 14.0. The maximum absolute atomic E-state index is 5.99. The minimum Gasteiger partial charge on any atom is -0.497 e. The molecule has 150 valence electrons. The Labute approximate surface area is 169 Å². The maximum Gasteiger partial charge on any atom is 0.231 e. The Morgan fingerprint density at radius 1 is 1.14 bits per heavy atom. The van der Waals surface area contributed by atoms with E-state index in [1.54, 1.807) is 7.11 Å². The van der Waals surface area contributed by atoms with Gasteiger partial charge in [-0.25, -0.2) is 4.98 Å². The molecule has 2 aliphatic heterocycles. The van der Waals surface area contributed by atoms with Crippen LogP contribution in [-0.2, 0) is 24.4 Å². The largest absolute Gasteiger partial charge is 0.497 e. The number of ether oxygens (including phenoxy) is 4. The number of fused-ring (bicyclic) bond motifs is 2. The predicted molar refractivity (Wildman–Crippen MR) is 107 cm³/mol. The molecular formula is C22H23N3O4. The van der Waals surface area contributed by atoms with Gasteiger partial charge in [0.1, 0.15) is 18.2 Å². The zero-order chi connectivity index (χ0) is 19.6. The molecule has 3 aromatic rings. The monoisotopic (exact) mass is 393 g/mol. The fourth-order valence-corrected chi connectivity index (χ4v) is 3.64. The van der Waals surface area contributed by atoms with E-state index in [0.717, 1.165) is 59.5 Å². The molecule has 5 rings (SSSR count). The van der Waals surface area contributed by atoms with Crippen molar-refractivity contribution in [2.24, 2.45) is 0 Å². The number of aromatic nitrogens is 2. The van der Waals surface area contributed by atoms with E-state index >= 15 is 0 Å². The summed E-state index contributed by atoms with van der Waals surface area (Å²) in [4.78, 5) is 4.72. The summed E-state index contributed by atoms with van der Waals surface area (Å²) in [7, 11) is 1.67. The SMILES string of the molecule is COc1ccc(-c2cn3c(n2)COC(CNCc2ccc4c(c2)OCO4)C3)cc1. The fourth-order valence-electron chi connectivity index (χ4n) is 3.64. The van der Waals surface area contributed by atoms with Crippen molar-refractivity contribution in [2.45, 2.75) is 25.8 Å². The van der Waals surface area contributed by atoms with Crippen molar-refractivity contribution in [3.8, 4) is 28.5 Å². The van der Waals surface area contributed by atoms with Gasteiger partial charge in [0.05, 0.1) is 25.5 Å². The third-order valence-corrected chi connectivity index (χ3v) is 5.23. The van der Waals surface area contributed by atoms with Crippen LogP contribution in [0.4, 0.5) is 0 Å². The molecule has 1 unspecified atom stereocenters. The normalized spacial score (nSPS) is 17.2. The molecule has 2 aromatic carbocycles. The summed E-state index contributed by atoms with van der Waals surface area (Å²) < 4.78 is 24.2. The Bertz CT molecular complexity index is 1000. The Balaban J connectivity index is 1.18. The molecule has 3 heterocycles. The van der Waals surface area contributed by atoms with E-state index in [4.69, 9.17) is 23.9 Å². The van der Waals surface area contributed by atoms with Crippen LogP contribution in [-0.4, -0.2) is 36.1 Å². The first-order chi connectivity index (χ1) is 14.3. The third-order valence-electron chi connectivity index (χ3n) is 5.23. The molecule has 1 N–H and O–H groups in total. The number of nitrogens with zero attached hydrogens (tertiary/aromatic N) is 2. The standard InChI is InChI=1S/C22H23N3O4/c1-26-17-5-3-16(4-6-17)19-12-25-11-18(27-13-22(25)24-19)10-23-9-15-2-7-20-21(8-15)29-14-28-20/h2-8,12,18,23H,9-11,13-14H2,1H3. The number of hydrogen-bond acceptors (Lipinski definition) is 6. The van der Waals surface area contributed by atoms with Crippen molar-refractivity contribution in [1.29, 1.82) is 0 Å². The minimum absolute atomic E-state index is 0.106. The molecule has 0 saturated carbocycles. The van der Waals surface area contributed by atoms with Gasteiger partial charge in [0.25, 0.3) is 0 Å². The highest BCUT2D eigenvalue weighted by Crippen LogP contribution is 2.32. The Kier molecular flexibility index (Phi) is 4.83. The average Bonchev–Trinajstić information content (AvgIpc) is 3.40. The molecule has 0 spiro atoms. The molecule has 0 saturated heterocycles. The quantitative estimate of drug-likeness (QED) is 0.695. The van der Waals surface area contributed by atoms with E-state index in [-0.39, 0.29) is 6.10 Å². The van der Waals surface area contributed by atoms with Gasteiger partial charge in [0.2, 0.25) is 6.79 Å². The van der Waals surface area contributed by atoms with E-state index < -0.39 is 0 Å². The summed E-state index contributed by atoms with van der Waals surface area (Å²) in [5.74, 6) is 3.43. The second-order valence-electron chi connectivity index (χ2n) is 7.17. The van der Waals surface area contributed by atoms with Gasteiger partial charge in [0, 0.05) is 24.8 Å². The number of methoxy groups -OCH3 is 1. The van der Waals surface area contributed by atoms with Gasteiger partial charge >= 0.3 is 0 Å². The Morgan fingerprint density at radius 3 is 2.86 bits per heavy atom. The van der Waals surface area contributed by atoms with Crippen LogP contribution in [0.25, 0.3) is 11.3 Å². The molecule has 0 radical (unpaired) electrons. The van der Waals surface area contributed by atoms with Crippen molar-refractivity contribution in [3.63, 3.8) is 0 Å². The van der Waals surface area contributed by atoms with Crippen LogP contribution in [0.1, 0.15) is 11.4 Å². The zero-order valence-corrected chi connectivity index (χ0v) is 16.3. The molecule has 2 aliphatic rings. The first-order valence-corrected chi connectivity index (χ1v) is 9.70.